The van der Waals surface area contributed by atoms with Crippen molar-refractivity contribution < 1.29 is 27.1 Å². The van der Waals surface area contributed by atoms with Gasteiger partial charge in [-0.2, -0.15) is 22.0 Å². The molecule has 1 rings (SSSR count). The van der Waals surface area contributed by atoms with Crippen molar-refractivity contribution in [2.24, 2.45) is 0 Å². The lowest BCUT2D eigenvalue weighted by Gasteiger charge is -2.24. The molecule has 1 heterocycles. The van der Waals surface area contributed by atoms with Crippen LogP contribution in [-0.2, 0) is 0 Å². The molecule has 0 amide bonds. The Morgan fingerprint density at radius 3 is 2.00 bits per heavy atom. The maximum Gasteiger partial charge on any atom is 0.456 e. The first-order valence-corrected chi connectivity index (χ1v) is 6.05. The molecule has 0 aliphatic rings. The summed E-state index contributed by atoms with van der Waals surface area (Å²) in [5.41, 5.74) is -0.501. The number of alkyl halides is 5. The summed E-state index contributed by atoms with van der Waals surface area (Å²) in [6.07, 6.45) is -8.72. The Morgan fingerprint density at radius 1 is 1.19 bits per heavy atom. The average Bonchev–Trinajstić information content (AvgIpc) is 2.41. The molecule has 0 aromatic carbocycles. The molecule has 9 heteroatoms. The van der Waals surface area contributed by atoms with E-state index < -0.39 is 23.8 Å². The van der Waals surface area contributed by atoms with Crippen LogP contribution in [0, 0.1) is 0 Å². The van der Waals surface area contributed by atoms with Crippen LogP contribution in [0.3, 0.4) is 0 Å². The van der Waals surface area contributed by atoms with Gasteiger partial charge in [-0.25, -0.2) is 0 Å². The Hall–Kier alpha value is 0.270. The lowest BCUT2D eigenvalue weighted by molar-refractivity contribution is -0.315. The molecule has 1 aromatic rings. The van der Waals surface area contributed by atoms with E-state index in [0.29, 0.717) is 3.79 Å². The monoisotopic (exact) mass is 388 g/mol. The molecular formula is C7H3Br2F5OS. The number of aliphatic hydroxyl groups is 1. The van der Waals surface area contributed by atoms with Crippen molar-refractivity contribution in [3.8, 4) is 0 Å². The first kappa shape index (κ1) is 14.3. The molecule has 0 aliphatic carbocycles. The number of hydrogen-bond donors (Lipinski definition) is 1. The number of halogens is 7. The van der Waals surface area contributed by atoms with E-state index in [9.17, 15) is 22.0 Å². The largest absolute Gasteiger partial charge is 0.456 e. The van der Waals surface area contributed by atoms with E-state index in [1.807, 2.05) is 0 Å². The minimum atomic E-state index is -5.79. The summed E-state index contributed by atoms with van der Waals surface area (Å²) in [6.45, 7) is 0. The zero-order chi connectivity index (χ0) is 12.7. The van der Waals surface area contributed by atoms with Gasteiger partial charge in [-0.1, -0.05) is 0 Å². The van der Waals surface area contributed by atoms with Crippen molar-refractivity contribution in [3.05, 3.63) is 19.2 Å². The summed E-state index contributed by atoms with van der Waals surface area (Å²) < 4.78 is 61.9. The Morgan fingerprint density at radius 2 is 1.69 bits per heavy atom. The quantitative estimate of drug-likeness (QED) is 0.738. The van der Waals surface area contributed by atoms with E-state index in [-0.39, 0.29) is 3.79 Å². The smallest absolute Gasteiger partial charge is 0.382 e. The van der Waals surface area contributed by atoms with Gasteiger partial charge in [0.25, 0.3) is 0 Å². The molecule has 0 saturated heterocycles. The topological polar surface area (TPSA) is 20.2 Å². The van der Waals surface area contributed by atoms with Crippen LogP contribution in [0.25, 0.3) is 0 Å². The van der Waals surface area contributed by atoms with Gasteiger partial charge in [-0.3, -0.25) is 0 Å². The highest BCUT2D eigenvalue weighted by Gasteiger charge is 2.63. The van der Waals surface area contributed by atoms with Gasteiger partial charge in [0.15, 0.2) is 6.10 Å². The molecule has 0 aliphatic heterocycles. The van der Waals surface area contributed by atoms with E-state index in [2.05, 4.69) is 31.9 Å². The highest BCUT2D eigenvalue weighted by Crippen LogP contribution is 2.47. The fourth-order valence-electron chi connectivity index (χ4n) is 0.890. The predicted octanol–water partition coefficient (Wildman–Crippen LogP) is 4.50. The van der Waals surface area contributed by atoms with Crippen LogP contribution in [0.15, 0.2) is 13.6 Å². The van der Waals surface area contributed by atoms with Crippen LogP contribution < -0.4 is 0 Å². The zero-order valence-electron chi connectivity index (χ0n) is 7.16. The second-order valence-corrected chi connectivity index (χ2v) is 6.55. The molecule has 1 aromatic heterocycles. The van der Waals surface area contributed by atoms with E-state index >= 15 is 0 Å². The van der Waals surface area contributed by atoms with Gasteiger partial charge in [0.05, 0.1) is 7.57 Å². The second-order valence-electron chi connectivity index (χ2n) is 2.80. The van der Waals surface area contributed by atoms with Gasteiger partial charge in [0.1, 0.15) is 0 Å². The van der Waals surface area contributed by atoms with Crippen molar-refractivity contribution in [1.82, 2.24) is 0 Å². The van der Waals surface area contributed by atoms with Crippen molar-refractivity contribution in [2.75, 3.05) is 0 Å². The maximum atomic E-state index is 12.8. The normalized spacial score (nSPS) is 15.2. The minimum Gasteiger partial charge on any atom is -0.382 e. The van der Waals surface area contributed by atoms with Gasteiger partial charge in [0.2, 0.25) is 0 Å². The summed E-state index contributed by atoms with van der Waals surface area (Å²) in [5, 5.41) is 9.06. The van der Waals surface area contributed by atoms with Crippen LogP contribution in [-0.4, -0.2) is 17.2 Å². The number of rotatable bonds is 2. The molecule has 1 atom stereocenters. The standard InChI is InChI=1S/C7H3Br2F5OS/c8-3-1-2(5(9)16-3)4(15)6(10,11)7(12,13)14/h1,4,15H. The molecule has 1 nitrogen and oxygen atoms in total. The number of thiophene rings is 1. The van der Waals surface area contributed by atoms with Crippen molar-refractivity contribution in [1.29, 1.82) is 0 Å². The maximum absolute atomic E-state index is 12.8. The van der Waals surface area contributed by atoms with Crippen molar-refractivity contribution >= 4 is 43.2 Å². The van der Waals surface area contributed by atoms with Crippen molar-refractivity contribution in [3.63, 3.8) is 0 Å². The van der Waals surface area contributed by atoms with Gasteiger partial charge >= 0.3 is 12.1 Å². The Bertz CT molecular complexity index is 389. The molecule has 1 N–H and O–H groups in total. The summed E-state index contributed by atoms with van der Waals surface area (Å²) in [5.74, 6) is -5.18. The fourth-order valence-corrected chi connectivity index (χ4v) is 3.77. The number of aliphatic hydroxyl groups excluding tert-OH is 1. The van der Waals surface area contributed by atoms with Crippen LogP contribution in [0.5, 0.6) is 0 Å². The third-order valence-corrected chi connectivity index (χ3v) is 4.08. The molecule has 0 bridgehead atoms. The van der Waals surface area contributed by atoms with Gasteiger partial charge in [-0.15, -0.1) is 11.3 Å². The van der Waals surface area contributed by atoms with Crippen LogP contribution in [0.4, 0.5) is 22.0 Å². The lowest BCUT2D eigenvalue weighted by Crippen LogP contribution is -2.42. The third kappa shape index (κ3) is 2.57. The van der Waals surface area contributed by atoms with Crippen LogP contribution in [0.1, 0.15) is 11.7 Å². The molecule has 0 fully saturated rings. The summed E-state index contributed by atoms with van der Waals surface area (Å²) in [4.78, 5) is 0. The summed E-state index contributed by atoms with van der Waals surface area (Å²) >= 11 is 6.62. The fraction of sp³-hybridized carbons (Fsp3) is 0.429. The van der Waals surface area contributed by atoms with Crippen molar-refractivity contribution in [2.45, 2.75) is 18.2 Å². The summed E-state index contributed by atoms with van der Waals surface area (Å²) in [7, 11) is 0. The van der Waals surface area contributed by atoms with E-state index in [1.54, 1.807) is 0 Å². The minimum absolute atomic E-state index is 0.0239. The molecular weight excluding hydrogens is 387 g/mol. The summed E-state index contributed by atoms with van der Waals surface area (Å²) in [6, 6.07) is 1.01. The zero-order valence-corrected chi connectivity index (χ0v) is 11.1. The highest BCUT2D eigenvalue weighted by molar-refractivity contribution is 9.12. The second kappa shape index (κ2) is 4.51. The van der Waals surface area contributed by atoms with E-state index in [1.165, 1.54) is 0 Å². The van der Waals surface area contributed by atoms with Gasteiger partial charge in [0, 0.05) is 5.56 Å². The Balaban J connectivity index is 3.11. The third-order valence-electron chi connectivity index (χ3n) is 1.70. The van der Waals surface area contributed by atoms with Crippen LogP contribution >= 0.6 is 43.2 Å². The average molecular weight is 390 g/mol. The first-order chi connectivity index (χ1) is 7.07. The van der Waals surface area contributed by atoms with Gasteiger partial charge in [-0.05, 0) is 37.9 Å². The molecule has 1 unspecified atom stereocenters. The molecule has 0 radical (unpaired) electrons. The van der Waals surface area contributed by atoms with E-state index in [0.717, 1.165) is 17.4 Å². The SMILES string of the molecule is OC(c1cc(Br)sc1Br)C(F)(F)C(F)(F)F. The first-order valence-electron chi connectivity index (χ1n) is 3.64. The van der Waals surface area contributed by atoms with Crippen LogP contribution in [0.2, 0.25) is 0 Å². The Labute approximate surface area is 108 Å². The Kier molecular flexibility index (Phi) is 4.04. The lowest BCUT2D eigenvalue weighted by atomic mass is 10.1. The van der Waals surface area contributed by atoms with Gasteiger partial charge < -0.3 is 5.11 Å². The number of hydrogen-bond acceptors (Lipinski definition) is 2. The van der Waals surface area contributed by atoms with E-state index in [4.69, 9.17) is 5.11 Å². The molecule has 92 valence electrons. The predicted molar refractivity (Wildman–Crippen MR) is 55.7 cm³/mol. The molecule has 0 saturated carbocycles. The molecule has 0 spiro atoms. The molecule has 16 heavy (non-hydrogen) atoms. The highest BCUT2D eigenvalue weighted by atomic mass is 79.9.